The second-order valence-electron chi connectivity index (χ2n) is 3.58. The van der Waals surface area contributed by atoms with E-state index in [4.69, 9.17) is 12.2 Å². The molecule has 1 unspecified atom stereocenters. The van der Waals surface area contributed by atoms with Crippen LogP contribution in [0, 0.1) is 4.77 Å². The van der Waals surface area contributed by atoms with Gasteiger partial charge >= 0.3 is 0 Å². The first kappa shape index (κ1) is 10.1. The number of rotatable bonds is 2. The zero-order chi connectivity index (χ0) is 10.8. The van der Waals surface area contributed by atoms with Crippen LogP contribution in [0.1, 0.15) is 24.2 Å². The Bertz CT molecular complexity index is 498. The molecule has 0 saturated carbocycles. The van der Waals surface area contributed by atoms with Crippen molar-refractivity contribution in [2.24, 2.45) is 7.05 Å². The Morgan fingerprint density at radius 3 is 2.53 bits per heavy atom. The van der Waals surface area contributed by atoms with E-state index in [0.29, 0.717) is 4.77 Å². The second kappa shape index (κ2) is 3.98. The molecule has 1 aromatic heterocycles. The van der Waals surface area contributed by atoms with Crippen LogP contribution in [0.4, 0.5) is 0 Å². The van der Waals surface area contributed by atoms with Crippen molar-refractivity contribution in [1.29, 1.82) is 0 Å². The fourth-order valence-electron chi connectivity index (χ4n) is 1.52. The molecule has 15 heavy (non-hydrogen) atoms. The van der Waals surface area contributed by atoms with E-state index in [1.165, 1.54) is 5.56 Å². The molecule has 0 amide bonds. The highest BCUT2D eigenvalue weighted by molar-refractivity contribution is 7.71. The lowest BCUT2D eigenvalue weighted by Gasteiger charge is -2.07. The molecule has 0 saturated heterocycles. The average Bonchev–Trinajstić information content (AvgIpc) is 2.59. The van der Waals surface area contributed by atoms with E-state index in [1.807, 2.05) is 25.2 Å². The molecule has 2 aromatic rings. The third-order valence-corrected chi connectivity index (χ3v) is 2.86. The number of benzene rings is 1. The minimum Gasteiger partial charge on any atom is -0.283 e. The minimum absolute atomic E-state index is 0.245. The molecule has 4 heteroatoms. The van der Waals surface area contributed by atoms with Crippen LogP contribution in [-0.2, 0) is 7.05 Å². The number of nitrogens with zero attached hydrogens (tertiary/aromatic N) is 2. The summed E-state index contributed by atoms with van der Waals surface area (Å²) in [7, 11) is 1.87. The van der Waals surface area contributed by atoms with Gasteiger partial charge in [0.1, 0.15) is 5.82 Å². The highest BCUT2D eigenvalue weighted by Gasteiger charge is 2.11. The maximum absolute atomic E-state index is 5.06. The number of hydrogen-bond donors (Lipinski definition) is 1. The molecular formula is C11H13N3S. The van der Waals surface area contributed by atoms with Crippen LogP contribution in [-0.4, -0.2) is 14.8 Å². The lowest BCUT2D eigenvalue weighted by atomic mass is 10.0. The third kappa shape index (κ3) is 1.99. The number of aryl methyl sites for hydroxylation is 1. The Morgan fingerprint density at radius 1 is 1.33 bits per heavy atom. The van der Waals surface area contributed by atoms with Gasteiger partial charge in [0.15, 0.2) is 0 Å². The van der Waals surface area contributed by atoms with E-state index in [1.54, 1.807) is 4.68 Å². The summed E-state index contributed by atoms with van der Waals surface area (Å²) in [5.41, 5.74) is 1.24. The zero-order valence-corrected chi connectivity index (χ0v) is 9.58. The minimum atomic E-state index is 0.245. The smallest absolute Gasteiger partial charge is 0.215 e. The van der Waals surface area contributed by atoms with Crippen molar-refractivity contribution in [3.63, 3.8) is 0 Å². The van der Waals surface area contributed by atoms with Crippen molar-refractivity contribution in [3.05, 3.63) is 46.5 Å². The van der Waals surface area contributed by atoms with Gasteiger partial charge in [-0.25, -0.2) is 4.98 Å². The van der Waals surface area contributed by atoms with Crippen molar-refractivity contribution < 1.29 is 0 Å². The number of hydrogen-bond acceptors (Lipinski definition) is 2. The topological polar surface area (TPSA) is 33.6 Å². The van der Waals surface area contributed by atoms with Crippen molar-refractivity contribution in [1.82, 2.24) is 14.8 Å². The summed E-state index contributed by atoms with van der Waals surface area (Å²) in [6, 6.07) is 10.3. The first-order valence-corrected chi connectivity index (χ1v) is 5.27. The van der Waals surface area contributed by atoms with Gasteiger partial charge in [-0.2, -0.15) is 0 Å². The summed E-state index contributed by atoms with van der Waals surface area (Å²) in [5.74, 6) is 1.16. The van der Waals surface area contributed by atoms with E-state index in [9.17, 15) is 0 Å². The number of H-pyrrole nitrogens is 1. The van der Waals surface area contributed by atoms with Gasteiger partial charge < -0.3 is 0 Å². The molecule has 0 spiro atoms. The van der Waals surface area contributed by atoms with Crippen molar-refractivity contribution in [2.75, 3.05) is 0 Å². The molecule has 2 rings (SSSR count). The summed E-state index contributed by atoms with van der Waals surface area (Å²) in [4.78, 5) is 4.31. The molecule has 1 aromatic carbocycles. The molecule has 1 N–H and O–H groups in total. The summed E-state index contributed by atoms with van der Waals surface area (Å²) >= 11 is 5.06. The molecule has 0 bridgehead atoms. The van der Waals surface area contributed by atoms with Crippen LogP contribution < -0.4 is 0 Å². The largest absolute Gasteiger partial charge is 0.283 e. The van der Waals surface area contributed by atoms with Gasteiger partial charge in [-0.05, 0) is 17.8 Å². The van der Waals surface area contributed by atoms with E-state index < -0.39 is 0 Å². The van der Waals surface area contributed by atoms with Crippen molar-refractivity contribution in [3.8, 4) is 0 Å². The quantitative estimate of drug-likeness (QED) is 0.788. The van der Waals surface area contributed by atoms with Crippen LogP contribution in [0.15, 0.2) is 30.3 Å². The van der Waals surface area contributed by atoms with Crippen molar-refractivity contribution >= 4 is 12.2 Å². The van der Waals surface area contributed by atoms with E-state index in [2.05, 4.69) is 29.1 Å². The zero-order valence-electron chi connectivity index (χ0n) is 8.77. The molecule has 1 atom stereocenters. The second-order valence-corrected chi connectivity index (χ2v) is 3.95. The monoisotopic (exact) mass is 219 g/mol. The predicted molar refractivity (Wildman–Crippen MR) is 62.4 cm³/mol. The molecule has 1 heterocycles. The number of aromatic nitrogens is 3. The van der Waals surface area contributed by atoms with E-state index in [-0.39, 0.29) is 5.92 Å². The summed E-state index contributed by atoms with van der Waals surface area (Å²) in [6.45, 7) is 2.11. The van der Waals surface area contributed by atoms with Gasteiger partial charge in [0, 0.05) is 13.0 Å². The lowest BCUT2D eigenvalue weighted by molar-refractivity contribution is 0.718. The van der Waals surface area contributed by atoms with Crippen LogP contribution in [0.5, 0.6) is 0 Å². The van der Waals surface area contributed by atoms with Crippen LogP contribution in [0.2, 0.25) is 0 Å². The molecule has 0 radical (unpaired) electrons. The predicted octanol–water partition coefficient (Wildman–Crippen LogP) is 2.63. The first-order chi connectivity index (χ1) is 7.18. The molecule has 78 valence electrons. The van der Waals surface area contributed by atoms with E-state index >= 15 is 0 Å². The van der Waals surface area contributed by atoms with Crippen molar-refractivity contribution in [2.45, 2.75) is 12.8 Å². The highest BCUT2D eigenvalue weighted by atomic mass is 32.1. The van der Waals surface area contributed by atoms with Gasteiger partial charge in [0.05, 0.1) is 0 Å². The Morgan fingerprint density at radius 2 is 2.00 bits per heavy atom. The van der Waals surface area contributed by atoms with Gasteiger partial charge in [0.25, 0.3) is 0 Å². The van der Waals surface area contributed by atoms with Gasteiger partial charge in [-0.3, -0.25) is 9.78 Å². The molecule has 0 aliphatic heterocycles. The SMILES string of the molecule is CC(c1ccccc1)c1nc(=S)n(C)[nH]1. The van der Waals surface area contributed by atoms with Gasteiger partial charge in [-0.15, -0.1) is 0 Å². The molecule has 3 nitrogen and oxygen atoms in total. The van der Waals surface area contributed by atoms with Crippen LogP contribution in [0.3, 0.4) is 0 Å². The number of aromatic amines is 1. The fourth-order valence-corrected chi connectivity index (χ4v) is 1.66. The van der Waals surface area contributed by atoms with Crippen LogP contribution in [0.25, 0.3) is 0 Å². The molecule has 0 aliphatic carbocycles. The Labute approximate surface area is 93.8 Å². The fraction of sp³-hybridized carbons (Fsp3) is 0.273. The van der Waals surface area contributed by atoms with E-state index in [0.717, 1.165) is 5.82 Å². The number of nitrogens with one attached hydrogen (secondary N) is 1. The van der Waals surface area contributed by atoms with Gasteiger partial charge in [0.2, 0.25) is 4.77 Å². The lowest BCUT2D eigenvalue weighted by Crippen LogP contribution is -1.99. The Hall–Kier alpha value is -1.42. The standard InChI is InChI=1S/C11H13N3S/c1-8(9-6-4-3-5-7-9)10-12-11(15)14(2)13-10/h3-8H,1-2H3,(H,12,13,15). The van der Waals surface area contributed by atoms with Crippen LogP contribution >= 0.6 is 12.2 Å². The third-order valence-electron chi connectivity index (χ3n) is 2.50. The molecule has 0 aliphatic rings. The Kier molecular flexibility index (Phi) is 2.68. The normalized spacial score (nSPS) is 12.7. The average molecular weight is 219 g/mol. The maximum atomic E-state index is 5.06. The molecular weight excluding hydrogens is 206 g/mol. The first-order valence-electron chi connectivity index (χ1n) is 4.86. The summed E-state index contributed by atoms with van der Waals surface area (Å²) in [6.07, 6.45) is 0. The summed E-state index contributed by atoms with van der Waals surface area (Å²) in [5, 5.41) is 3.14. The Balaban J connectivity index is 2.36. The maximum Gasteiger partial charge on any atom is 0.215 e. The molecule has 0 fully saturated rings. The highest BCUT2D eigenvalue weighted by Crippen LogP contribution is 2.20. The summed E-state index contributed by atoms with van der Waals surface area (Å²) < 4.78 is 2.34. The van der Waals surface area contributed by atoms with Gasteiger partial charge in [-0.1, -0.05) is 37.3 Å².